The van der Waals surface area contributed by atoms with Gasteiger partial charge in [-0.1, -0.05) is 0 Å². The molecule has 0 saturated carbocycles. The quantitative estimate of drug-likeness (QED) is 0.745. The normalized spacial score (nSPS) is 10.2. The topological polar surface area (TPSA) is 52.5 Å². The van der Waals surface area contributed by atoms with E-state index in [1.54, 1.807) is 12.1 Å². The maximum atomic E-state index is 8.72. The fourth-order valence-corrected chi connectivity index (χ4v) is 2.83. The van der Waals surface area contributed by atoms with Crippen molar-refractivity contribution in [1.29, 1.82) is 5.26 Å². The Balaban J connectivity index is 2.89. The van der Waals surface area contributed by atoms with Gasteiger partial charge in [-0.2, -0.15) is 10.4 Å². The molecule has 1 aromatic heterocycles. The fraction of sp³-hybridized carbons (Fsp3) is 0. The van der Waals surface area contributed by atoms with Crippen molar-refractivity contribution in [2.45, 2.75) is 0 Å². The Morgan fingerprint density at radius 3 is 3.00 bits per heavy atom. The molecule has 0 unspecified atom stereocenters. The highest BCUT2D eigenvalue weighted by Gasteiger charge is 2.07. The molecule has 1 heterocycles. The van der Waals surface area contributed by atoms with Gasteiger partial charge < -0.3 is 0 Å². The van der Waals surface area contributed by atoms with Crippen LogP contribution in [0.1, 0.15) is 5.56 Å². The summed E-state index contributed by atoms with van der Waals surface area (Å²) in [5.74, 6) is 0. The van der Waals surface area contributed by atoms with Crippen LogP contribution in [0.15, 0.2) is 16.6 Å². The zero-order valence-corrected chi connectivity index (χ0v) is 10.0. The second-order valence-corrected chi connectivity index (χ2v) is 4.43. The summed E-state index contributed by atoms with van der Waals surface area (Å²) in [6.07, 6.45) is 0. The summed E-state index contributed by atoms with van der Waals surface area (Å²) < 4.78 is 1.88. The number of aromatic amines is 1. The molecule has 0 aliphatic heterocycles. The number of fused-ring (bicyclic) bond motifs is 1. The minimum atomic E-state index is 0.613. The van der Waals surface area contributed by atoms with E-state index in [4.69, 9.17) is 5.26 Å². The van der Waals surface area contributed by atoms with Gasteiger partial charge in [0, 0.05) is 9.86 Å². The molecule has 0 saturated heterocycles. The Kier molecular flexibility index (Phi) is 2.26. The van der Waals surface area contributed by atoms with Crippen molar-refractivity contribution in [2.75, 3.05) is 0 Å². The van der Waals surface area contributed by atoms with Crippen molar-refractivity contribution in [3.05, 3.63) is 25.9 Å². The fourth-order valence-electron chi connectivity index (χ4n) is 1.13. The van der Waals surface area contributed by atoms with Crippen molar-refractivity contribution in [3.63, 3.8) is 0 Å². The van der Waals surface area contributed by atoms with E-state index in [9.17, 15) is 0 Å². The number of halogens is 2. The van der Waals surface area contributed by atoms with E-state index in [-0.39, 0.29) is 0 Å². The maximum Gasteiger partial charge on any atom is 0.105 e. The lowest BCUT2D eigenvalue weighted by molar-refractivity contribution is 1.09. The van der Waals surface area contributed by atoms with Crippen molar-refractivity contribution < 1.29 is 0 Å². The van der Waals surface area contributed by atoms with Crippen molar-refractivity contribution in [3.8, 4) is 6.07 Å². The molecular weight excluding hydrogens is 345 g/mol. The zero-order valence-electron chi connectivity index (χ0n) is 6.31. The molecule has 0 fully saturated rings. The summed E-state index contributed by atoms with van der Waals surface area (Å²) >= 11 is 5.57. The Morgan fingerprint density at radius 1 is 1.54 bits per heavy atom. The van der Waals surface area contributed by atoms with Crippen LogP contribution in [0.3, 0.4) is 0 Å². The summed E-state index contributed by atoms with van der Waals surface area (Å²) in [6, 6.07) is 5.64. The number of hydrogen-bond acceptors (Lipinski definition) is 2. The molecule has 0 bridgehead atoms. The van der Waals surface area contributed by atoms with Gasteiger partial charge in [0.05, 0.1) is 17.1 Å². The molecule has 3 nitrogen and oxygen atoms in total. The Morgan fingerprint density at radius 2 is 2.31 bits per heavy atom. The number of H-pyrrole nitrogens is 1. The molecule has 0 amide bonds. The van der Waals surface area contributed by atoms with E-state index in [0.29, 0.717) is 5.56 Å². The zero-order chi connectivity index (χ0) is 9.42. The molecule has 0 aliphatic rings. The molecule has 0 spiro atoms. The van der Waals surface area contributed by atoms with Gasteiger partial charge in [0.25, 0.3) is 0 Å². The number of nitrogens with zero attached hydrogens (tertiary/aromatic N) is 2. The molecule has 1 aromatic carbocycles. The maximum absolute atomic E-state index is 8.72. The molecule has 1 N–H and O–H groups in total. The first-order chi connectivity index (χ1) is 6.22. The summed E-state index contributed by atoms with van der Waals surface area (Å²) in [5.41, 5.74) is 1.43. The van der Waals surface area contributed by atoms with E-state index < -0.39 is 0 Å². The van der Waals surface area contributed by atoms with E-state index in [0.717, 1.165) is 19.1 Å². The number of nitrogens with one attached hydrogen (secondary N) is 1. The number of rotatable bonds is 0. The van der Waals surface area contributed by atoms with Crippen LogP contribution in [0.2, 0.25) is 0 Å². The summed E-state index contributed by atoms with van der Waals surface area (Å²) in [4.78, 5) is 0. The highest BCUT2D eigenvalue weighted by atomic mass is 127. The average molecular weight is 348 g/mol. The first-order valence-electron chi connectivity index (χ1n) is 3.45. The molecule has 5 heteroatoms. The predicted octanol–water partition coefficient (Wildman–Crippen LogP) is 2.80. The molecule has 0 aliphatic carbocycles. The van der Waals surface area contributed by atoms with Crippen LogP contribution in [-0.4, -0.2) is 10.2 Å². The van der Waals surface area contributed by atoms with Crippen LogP contribution < -0.4 is 0 Å². The number of nitriles is 1. The standard InChI is InChI=1S/C8H3BrIN3/c9-5-1-4(3-11)2-6-7(5)8(10)13-12-6/h1-2H,(H,12,13). The van der Waals surface area contributed by atoms with E-state index in [1.165, 1.54) is 0 Å². The van der Waals surface area contributed by atoms with Gasteiger partial charge in [0.15, 0.2) is 0 Å². The number of benzene rings is 1. The first-order valence-corrected chi connectivity index (χ1v) is 5.33. The monoisotopic (exact) mass is 347 g/mol. The van der Waals surface area contributed by atoms with Gasteiger partial charge in [-0.05, 0) is 50.7 Å². The summed E-state index contributed by atoms with van der Waals surface area (Å²) in [7, 11) is 0. The van der Waals surface area contributed by atoms with Gasteiger partial charge in [-0.15, -0.1) is 0 Å². The largest absolute Gasteiger partial charge is 0.271 e. The van der Waals surface area contributed by atoms with Gasteiger partial charge >= 0.3 is 0 Å². The van der Waals surface area contributed by atoms with Gasteiger partial charge in [0.2, 0.25) is 0 Å². The van der Waals surface area contributed by atoms with Crippen LogP contribution in [-0.2, 0) is 0 Å². The first kappa shape index (κ1) is 8.97. The molecule has 13 heavy (non-hydrogen) atoms. The van der Waals surface area contributed by atoms with Gasteiger partial charge in [0.1, 0.15) is 3.70 Å². The number of hydrogen-bond donors (Lipinski definition) is 1. The minimum Gasteiger partial charge on any atom is -0.271 e. The van der Waals surface area contributed by atoms with E-state index in [2.05, 4.69) is 54.8 Å². The average Bonchev–Trinajstić information content (AvgIpc) is 2.48. The molecule has 64 valence electrons. The van der Waals surface area contributed by atoms with Crippen LogP contribution in [0, 0.1) is 15.0 Å². The highest BCUT2D eigenvalue weighted by molar-refractivity contribution is 14.1. The van der Waals surface area contributed by atoms with E-state index >= 15 is 0 Å². The molecule has 0 radical (unpaired) electrons. The second kappa shape index (κ2) is 3.27. The summed E-state index contributed by atoms with van der Waals surface area (Å²) in [6.45, 7) is 0. The second-order valence-electron chi connectivity index (χ2n) is 2.50. The third-order valence-corrected chi connectivity index (χ3v) is 3.10. The summed E-state index contributed by atoms with van der Waals surface area (Å²) in [5, 5.41) is 16.7. The van der Waals surface area contributed by atoms with Crippen molar-refractivity contribution in [1.82, 2.24) is 10.2 Å². The van der Waals surface area contributed by atoms with Gasteiger partial charge in [-0.3, -0.25) is 5.10 Å². The third kappa shape index (κ3) is 1.44. The van der Waals surface area contributed by atoms with Crippen LogP contribution in [0.4, 0.5) is 0 Å². The molecule has 0 atom stereocenters. The lowest BCUT2D eigenvalue weighted by atomic mass is 10.2. The predicted molar refractivity (Wildman–Crippen MR) is 61.2 cm³/mol. The van der Waals surface area contributed by atoms with Crippen LogP contribution in [0.25, 0.3) is 10.9 Å². The highest BCUT2D eigenvalue weighted by Crippen LogP contribution is 2.27. The van der Waals surface area contributed by atoms with Crippen molar-refractivity contribution >= 4 is 49.4 Å². The Labute approximate surface area is 96.4 Å². The van der Waals surface area contributed by atoms with Crippen LogP contribution in [0.5, 0.6) is 0 Å². The SMILES string of the molecule is N#Cc1cc(Br)c2c(I)[nH]nc2c1. The minimum absolute atomic E-state index is 0.613. The Hall–Kier alpha value is -0.610. The third-order valence-electron chi connectivity index (χ3n) is 1.69. The molecule has 2 aromatic rings. The lowest BCUT2D eigenvalue weighted by Crippen LogP contribution is -1.77. The Bertz CT molecular complexity index is 512. The van der Waals surface area contributed by atoms with Crippen LogP contribution >= 0.6 is 38.5 Å². The molecular formula is C8H3BrIN3. The van der Waals surface area contributed by atoms with Crippen molar-refractivity contribution in [2.24, 2.45) is 0 Å². The lowest BCUT2D eigenvalue weighted by Gasteiger charge is -1.94. The van der Waals surface area contributed by atoms with E-state index in [1.807, 2.05) is 0 Å². The molecule has 2 rings (SSSR count). The van der Waals surface area contributed by atoms with Gasteiger partial charge in [-0.25, -0.2) is 0 Å². The number of aromatic nitrogens is 2. The smallest absolute Gasteiger partial charge is 0.105 e.